The average Bonchev–Trinajstić information content (AvgIpc) is 2.68. The summed E-state index contributed by atoms with van der Waals surface area (Å²) in [7, 11) is -1.63. The third kappa shape index (κ3) is 4.43. The number of aryl methyl sites for hydroxylation is 1. The van der Waals surface area contributed by atoms with Crippen molar-refractivity contribution >= 4 is 15.9 Å². The number of carbonyl (C=O) groups excluding carboxylic acids is 1. The Bertz CT molecular complexity index is 951. The van der Waals surface area contributed by atoms with Crippen LogP contribution in [-0.2, 0) is 10.0 Å². The minimum Gasteiger partial charge on any atom is -0.346 e. The van der Waals surface area contributed by atoms with E-state index in [9.17, 15) is 13.2 Å². The lowest BCUT2D eigenvalue weighted by Gasteiger charge is -2.31. The molecule has 150 valence electrons. The largest absolute Gasteiger partial charge is 0.346 e. The van der Waals surface area contributed by atoms with Gasteiger partial charge in [0, 0.05) is 31.7 Å². The average molecular weight is 402 g/mol. The van der Waals surface area contributed by atoms with Crippen molar-refractivity contribution in [2.45, 2.75) is 24.8 Å². The SMILES string of the molecule is Cc1ccccc1[C@H](C)NC(=O)c1cccc(S(=O)(=O)N2CCN(C)CC2)c1. The molecule has 6 nitrogen and oxygen atoms in total. The van der Waals surface area contributed by atoms with Gasteiger partial charge < -0.3 is 10.2 Å². The Morgan fingerprint density at radius 1 is 1.04 bits per heavy atom. The van der Waals surface area contributed by atoms with Crippen LogP contribution in [0.5, 0.6) is 0 Å². The first kappa shape index (κ1) is 20.5. The molecule has 0 spiro atoms. The minimum atomic E-state index is -3.60. The lowest BCUT2D eigenvalue weighted by atomic mass is 10.0. The fourth-order valence-electron chi connectivity index (χ4n) is 3.41. The van der Waals surface area contributed by atoms with Crippen molar-refractivity contribution in [1.29, 1.82) is 0 Å². The van der Waals surface area contributed by atoms with Gasteiger partial charge in [-0.15, -0.1) is 0 Å². The first-order valence-electron chi connectivity index (χ1n) is 9.44. The number of amides is 1. The van der Waals surface area contributed by atoms with Crippen LogP contribution >= 0.6 is 0 Å². The highest BCUT2D eigenvalue weighted by molar-refractivity contribution is 7.89. The van der Waals surface area contributed by atoms with E-state index < -0.39 is 10.0 Å². The number of hydrogen-bond acceptors (Lipinski definition) is 4. The summed E-state index contributed by atoms with van der Waals surface area (Å²) in [6.45, 7) is 6.24. The smallest absolute Gasteiger partial charge is 0.251 e. The molecule has 7 heteroatoms. The molecule has 0 unspecified atom stereocenters. The third-order valence-electron chi connectivity index (χ3n) is 5.20. The molecule has 0 aliphatic carbocycles. The van der Waals surface area contributed by atoms with Gasteiger partial charge in [0.2, 0.25) is 10.0 Å². The van der Waals surface area contributed by atoms with Crippen molar-refractivity contribution in [1.82, 2.24) is 14.5 Å². The molecular weight excluding hydrogens is 374 g/mol. The van der Waals surface area contributed by atoms with Crippen LogP contribution in [0.4, 0.5) is 0 Å². The molecule has 1 amide bonds. The monoisotopic (exact) mass is 401 g/mol. The molecule has 1 fully saturated rings. The molecule has 28 heavy (non-hydrogen) atoms. The number of nitrogens with zero attached hydrogens (tertiary/aromatic N) is 2. The fourth-order valence-corrected chi connectivity index (χ4v) is 4.87. The number of benzene rings is 2. The summed E-state index contributed by atoms with van der Waals surface area (Å²) in [5.74, 6) is -0.286. The molecule has 0 saturated carbocycles. The van der Waals surface area contributed by atoms with Crippen molar-refractivity contribution in [2.24, 2.45) is 0 Å². The molecule has 1 heterocycles. The van der Waals surface area contributed by atoms with Gasteiger partial charge in [0.05, 0.1) is 10.9 Å². The number of sulfonamides is 1. The van der Waals surface area contributed by atoms with E-state index >= 15 is 0 Å². The summed E-state index contributed by atoms with van der Waals surface area (Å²) in [6, 6.07) is 14.0. The molecule has 1 atom stereocenters. The van der Waals surface area contributed by atoms with Crippen LogP contribution in [-0.4, -0.2) is 56.8 Å². The zero-order chi connectivity index (χ0) is 20.3. The van der Waals surface area contributed by atoms with E-state index in [0.29, 0.717) is 31.7 Å². The number of rotatable bonds is 5. The standard InChI is InChI=1S/C21H27N3O3S/c1-16-7-4-5-10-20(16)17(2)22-21(25)18-8-6-9-19(15-18)28(26,27)24-13-11-23(3)12-14-24/h4-10,15,17H,11-14H2,1-3H3,(H,22,25)/t17-/m0/s1. The predicted molar refractivity (Wildman–Crippen MR) is 110 cm³/mol. The van der Waals surface area contributed by atoms with E-state index in [2.05, 4.69) is 10.2 Å². The Balaban J connectivity index is 1.77. The van der Waals surface area contributed by atoms with E-state index in [4.69, 9.17) is 0 Å². The molecule has 2 aromatic carbocycles. The summed E-state index contributed by atoms with van der Waals surface area (Å²) < 4.78 is 27.4. The highest BCUT2D eigenvalue weighted by atomic mass is 32.2. The Morgan fingerprint density at radius 2 is 1.71 bits per heavy atom. The van der Waals surface area contributed by atoms with Gasteiger partial charge in [-0.2, -0.15) is 4.31 Å². The van der Waals surface area contributed by atoms with Crippen LogP contribution in [0.3, 0.4) is 0 Å². The van der Waals surface area contributed by atoms with Crippen LogP contribution in [0.2, 0.25) is 0 Å². The Labute approximate surface area is 167 Å². The zero-order valence-electron chi connectivity index (χ0n) is 16.6. The van der Waals surface area contributed by atoms with Crippen molar-refractivity contribution in [3.05, 3.63) is 65.2 Å². The minimum absolute atomic E-state index is 0.160. The van der Waals surface area contributed by atoms with Crippen molar-refractivity contribution in [3.8, 4) is 0 Å². The van der Waals surface area contributed by atoms with Crippen LogP contribution in [0.25, 0.3) is 0 Å². The number of piperazine rings is 1. The van der Waals surface area contributed by atoms with Gasteiger partial charge in [0.15, 0.2) is 0 Å². The second-order valence-corrected chi connectivity index (χ2v) is 9.22. The van der Waals surface area contributed by atoms with E-state index in [1.54, 1.807) is 18.2 Å². The molecule has 3 rings (SSSR count). The summed E-state index contributed by atoms with van der Waals surface area (Å²) in [4.78, 5) is 15.0. The Morgan fingerprint density at radius 3 is 2.39 bits per heavy atom. The molecule has 0 bridgehead atoms. The van der Waals surface area contributed by atoms with Gasteiger partial charge in [-0.05, 0) is 50.2 Å². The summed E-state index contributed by atoms with van der Waals surface area (Å²) in [5, 5.41) is 2.96. The first-order valence-corrected chi connectivity index (χ1v) is 10.9. The lowest BCUT2D eigenvalue weighted by Crippen LogP contribution is -2.47. The van der Waals surface area contributed by atoms with E-state index in [-0.39, 0.29) is 16.8 Å². The Hall–Kier alpha value is -2.22. The summed E-state index contributed by atoms with van der Waals surface area (Å²) in [5.41, 5.74) is 2.48. The quantitative estimate of drug-likeness (QED) is 0.835. The maximum absolute atomic E-state index is 12.9. The van der Waals surface area contributed by atoms with Crippen molar-refractivity contribution in [2.75, 3.05) is 33.2 Å². The molecular formula is C21H27N3O3S. The van der Waals surface area contributed by atoms with Gasteiger partial charge in [-0.25, -0.2) is 8.42 Å². The van der Waals surface area contributed by atoms with Crippen LogP contribution in [0.1, 0.15) is 34.5 Å². The van der Waals surface area contributed by atoms with Crippen LogP contribution in [0.15, 0.2) is 53.4 Å². The second kappa shape index (κ2) is 8.43. The number of carbonyl (C=O) groups is 1. The second-order valence-electron chi connectivity index (χ2n) is 7.29. The summed E-state index contributed by atoms with van der Waals surface area (Å²) >= 11 is 0. The van der Waals surface area contributed by atoms with Gasteiger partial charge in [0.25, 0.3) is 5.91 Å². The zero-order valence-corrected chi connectivity index (χ0v) is 17.4. The van der Waals surface area contributed by atoms with E-state index in [1.165, 1.54) is 10.4 Å². The lowest BCUT2D eigenvalue weighted by molar-refractivity contribution is 0.0939. The normalized spacial score (nSPS) is 17.2. The highest BCUT2D eigenvalue weighted by Crippen LogP contribution is 2.20. The molecule has 0 radical (unpaired) electrons. The summed E-state index contributed by atoms with van der Waals surface area (Å²) in [6.07, 6.45) is 0. The molecule has 0 aromatic heterocycles. The molecule has 1 aliphatic heterocycles. The third-order valence-corrected chi connectivity index (χ3v) is 7.09. The van der Waals surface area contributed by atoms with Gasteiger partial charge in [-0.1, -0.05) is 30.3 Å². The number of hydrogen-bond donors (Lipinski definition) is 1. The van der Waals surface area contributed by atoms with Gasteiger partial charge >= 0.3 is 0 Å². The number of likely N-dealkylation sites (N-methyl/N-ethyl adjacent to an activating group) is 1. The molecule has 1 aliphatic rings. The van der Waals surface area contributed by atoms with E-state index in [0.717, 1.165) is 11.1 Å². The van der Waals surface area contributed by atoms with E-state index in [1.807, 2.05) is 45.2 Å². The predicted octanol–water partition coefficient (Wildman–Crippen LogP) is 2.42. The van der Waals surface area contributed by atoms with Crippen molar-refractivity contribution < 1.29 is 13.2 Å². The molecule has 2 aromatic rings. The maximum atomic E-state index is 12.9. The first-order chi connectivity index (χ1) is 13.3. The van der Waals surface area contributed by atoms with Gasteiger partial charge in [-0.3, -0.25) is 4.79 Å². The van der Waals surface area contributed by atoms with Gasteiger partial charge in [0.1, 0.15) is 0 Å². The van der Waals surface area contributed by atoms with Crippen LogP contribution in [0, 0.1) is 6.92 Å². The molecule has 1 saturated heterocycles. The topological polar surface area (TPSA) is 69.7 Å². The maximum Gasteiger partial charge on any atom is 0.251 e. The fraction of sp³-hybridized carbons (Fsp3) is 0.381. The van der Waals surface area contributed by atoms with Crippen molar-refractivity contribution in [3.63, 3.8) is 0 Å². The highest BCUT2D eigenvalue weighted by Gasteiger charge is 2.28. The number of nitrogens with one attached hydrogen (secondary N) is 1. The molecule has 1 N–H and O–H groups in total. The van der Waals surface area contributed by atoms with Crippen LogP contribution < -0.4 is 5.32 Å². The Kier molecular flexibility index (Phi) is 6.17.